The molecule has 2 nitrogen and oxygen atoms in total. The molecule has 0 spiro atoms. The monoisotopic (exact) mass is 395 g/mol. The molecule has 2 aromatic carbocycles. The molecule has 108 valence electrons. The third-order valence-corrected chi connectivity index (χ3v) is 4.75. The predicted molar refractivity (Wildman–Crippen MR) is 88.8 cm³/mol. The number of halogens is 2. The summed E-state index contributed by atoms with van der Waals surface area (Å²) in [4.78, 5) is 12.3. The molecule has 0 aromatic heterocycles. The smallest absolute Gasteiger partial charge is 0.252 e. The minimum atomic E-state index is -0.317. The molecule has 1 unspecified atom stereocenters. The average Bonchev–Trinajstić information content (AvgIpc) is 2.47. The van der Waals surface area contributed by atoms with Gasteiger partial charge in [-0.3, -0.25) is 4.79 Å². The summed E-state index contributed by atoms with van der Waals surface area (Å²) in [6, 6.07) is 12.8. The van der Waals surface area contributed by atoms with E-state index in [4.69, 9.17) is 0 Å². The lowest BCUT2D eigenvalue weighted by molar-refractivity contribution is 0.0932. The maximum Gasteiger partial charge on any atom is 0.252 e. The van der Waals surface area contributed by atoms with E-state index in [2.05, 4.69) is 23.5 Å². The van der Waals surface area contributed by atoms with Gasteiger partial charge in [0.15, 0.2) is 0 Å². The molecule has 1 aliphatic rings. The predicted octanol–water partition coefficient (Wildman–Crippen LogP) is 3.72. The summed E-state index contributed by atoms with van der Waals surface area (Å²) < 4.78 is 13.7. The summed E-state index contributed by atoms with van der Waals surface area (Å²) in [6.45, 7) is 0. The van der Waals surface area contributed by atoms with Crippen LogP contribution in [0.4, 0.5) is 4.39 Å². The molecular formula is C17H15FINO. The second-order valence-corrected chi connectivity index (χ2v) is 6.47. The van der Waals surface area contributed by atoms with Crippen molar-refractivity contribution in [2.45, 2.75) is 25.3 Å². The number of carbonyl (C=O) groups excluding carboxylic acids is 1. The van der Waals surface area contributed by atoms with E-state index in [1.807, 2.05) is 28.7 Å². The fourth-order valence-electron chi connectivity index (χ4n) is 2.76. The van der Waals surface area contributed by atoms with Crippen molar-refractivity contribution in [2.75, 3.05) is 0 Å². The van der Waals surface area contributed by atoms with Crippen molar-refractivity contribution in [3.8, 4) is 0 Å². The van der Waals surface area contributed by atoms with Crippen molar-refractivity contribution < 1.29 is 9.18 Å². The van der Waals surface area contributed by atoms with E-state index in [9.17, 15) is 9.18 Å². The molecule has 3 rings (SSSR count). The number of amides is 1. The van der Waals surface area contributed by atoms with Gasteiger partial charge in [0.25, 0.3) is 5.91 Å². The van der Waals surface area contributed by atoms with Crippen LogP contribution in [0.3, 0.4) is 0 Å². The Labute approximate surface area is 136 Å². The first kappa shape index (κ1) is 14.5. The number of hydrogen-bond donors (Lipinski definition) is 1. The molecule has 0 fully saturated rings. The minimum absolute atomic E-state index is 0.121. The Kier molecular flexibility index (Phi) is 4.24. The Bertz CT molecular complexity index is 686. The number of benzene rings is 2. The second kappa shape index (κ2) is 6.13. The largest absolute Gasteiger partial charge is 0.349 e. The molecule has 0 saturated carbocycles. The quantitative estimate of drug-likeness (QED) is 0.772. The van der Waals surface area contributed by atoms with Crippen LogP contribution in [0.15, 0.2) is 42.5 Å². The highest BCUT2D eigenvalue weighted by molar-refractivity contribution is 14.1. The van der Waals surface area contributed by atoms with Crippen LogP contribution >= 0.6 is 22.6 Å². The van der Waals surface area contributed by atoms with Crippen molar-refractivity contribution in [3.63, 3.8) is 0 Å². The van der Waals surface area contributed by atoms with Crippen LogP contribution in [0, 0.1) is 9.39 Å². The van der Waals surface area contributed by atoms with Crippen molar-refractivity contribution in [3.05, 3.63) is 68.5 Å². The summed E-state index contributed by atoms with van der Waals surface area (Å²) in [6.07, 6.45) is 2.79. The molecule has 4 heteroatoms. The Morgan fingerprint density at radius 2 is 1.95 bits per heavy atom. The van der Waals surface area contributed by atoms with E-state index in [0.717, 1.165) is 19.3 Å². The zero-order chi connectivity index (χ0) is 14.8. The van der Waals surface area contributed by atoms with Crippen molar-refractivity contribution >= 4 is 28.5 Å². The molecular weight excluding hydrogens is 380 g/mol. The Hall–Kier alpha value is -1.43. The van der Waals surface area contributed by atoms with Gasteiger partial charge in [-0.25, -0.2) is 4.39 Å². The van der Waals surface area contributed by atoms with E-state index in [1.54, 1.807) is 6.07 Å². The third-order valence-electron chi connectivity index (χ3n) is 3.86. The lowest BCUT2D eigenvalue weighted by Crippen LogP contribution is -2.39. The average molecular weight is 395 g/mol. The lowest BCUT2D eigenvalue weighted by atomic mass is 9.88. The van der Waals surface area contributed by atoms with Crippen molar-refractivity contribution in [1.29, 1.82) is 0 Å². The summed E-state index contributed by atoms with van der Waals surface area (Å²) in [7, 11) is 0. The van der Waals surface area contributed by atoms with Gasteiger partial charge in [0, 0.05) is 9.61 Å². The highest BCUT2D eigenvalue weighted by atomic mass is 127. The van der Waals surface area contributed by atoms with Crippen molar-refractivity contribution in [1.82, 2.24) is 5.32 Å². The summed E-state index contributed by atoms with van der Waals surface area (Å²) in [5.41, 5.74) is 3.22. The summed E-state index contributed by atoms with van der Waals surface area (Å²) >= 11 is 1.99. The van der Waals surface area contributed by atoms with Crippen LogP contribution in [-0.2, 0) is 12.8 Å². The molecule has 0 radical (unpaired) electrons. The van der Waals surface area contributed by atoms with E-state index in [-0.39, 0.29) is 17.8 Å². The topological polar surface area (TPSA) is 29.1 Å². The molecule has 2 aromatic rings. The molecule has 0 bridgehead atoms. The number of carbonyl (C=O) groups is 1. The molecule has 1 aliphatic carbocycles. The zero-order valence-corrected chi connectivity index (χ0v) is 13.6. The van der Waals surface area contributed by atoms with Crippen LogP contribution in [0.1, 0.15) is 27.9 Å². The first-order valence-corrected chi connectivity index (χ1v) is 8.04. The fourth-order valence-corrected chi connectivity index (χ4v) is 3.48. The van der Waals surface area contributed by atoms with Gasteiger partial charge in [0.1, 0.15) is 5.82 Å². The van der Waals surface area contributed by atoms with E-state index >= 15 is 0 Å². The standard InChI is InChI=1S/C17H15FINO/c18-13-6-8-15(16(19)10-13)17(21)20-14-7-5-11-3-1-2-4-12(11)9-14/h1-4,6,8,10,14H,5,7,9H2,(H,20,21). The Morgan fingerprint density at radius 3 is 2.71 bits per heavy atom. The third kappa shape index (κ3) is 3.26. The van der Waals surface area contributed by atoms with Crippen molar-refractivity contribution in [2.24, 2.45) is 0 Å². The SMILES string of the molecule is O=C(NC1CCc2ccccc2C1)c1ccc(F)cc1I. The van der Waals surface area contributed by atoms with Crippen LogP contribution in [0.2, 0.25) is 0 Å². The maximum absolute atomic E-state index is 13.1. The van der Waals surface area contributed by atoms with Gasteiger partial charge in [-0.2, -0.15) is 0 Å². The fraction of sp³-hybridized carbons (Fsp3) is 0.235. The number of rotatable bonds is 2. The zero-order valence-electron chi connectivity index (χ0n) is 11.4. The number of aryl methyl sites for hydroxylation is 1. The van der Waals surface area contributed by atoms with Gasteiger partial charge in [-0.1, -0.05) is 24.3 Å². The van der Waals surface area contributed by atoms with Gasteiger partial charge in [-0.15, -0.1) is 0 Å². The highest BCUT2D eigenvalue weighted by Crippen LogP contribution is 2.22. The van der Waals surface area contributed by atoms with Gasteiger partial charge >= 0.3 is 0 Å². The first-order valence-electron chi connectivity index (χ1n) is 6.96. The molecule has 1 atom stereocenters. The highest BCUT2D eigenvalue weighted by Gasteiger charge is 2.21. The summed E-state index contributed by atoms with van der Waals surface area (Å²) in [5.74, 6) is -0.439. The number of fused-ring (bicyclic) bond motifs is 1. The number of hydrogen-bond acceptors (Lipinski definition) is 1. The molecule has 1 N–H and O–H groups in total. The second-order valence-electron chi connectivity index (χ2n) is 5.31. The molecule has 1 amide bonds. The van der Waals surface area contributed by atoms with Gasteiger partial charge in [0.2, 0.25) is 0 Å². The van der Waals surface area contributed by atoms with Gasteiger partial charge < -0.3 is 5.32 Å². The Balaban J connectivity index is 1.71. The molecule has 0 saturated heterocycles. The van der Waals surface area contributed by atoms with Gasteiger partial charge in [0.05, 0.1) is 5.56 Å². The van der Waals surface area contributed by atoms with Crippen LogP contribution in [-0.4, -0.2) is 11.9 Å². The first-order chi connectivity index (χ1) is 10.1. The van der Waals surface area contributed by atoms with Crippen LogP contribution in [0.5, 0.6) is 0 Å². The van der Waals surface area contributed by atoms with Crippen LogP contribution in [0.25, 0.3) is 0 Å². The molecule has 0 aliphatic heterocycles. The summed E-state index contributed by atoms with van der Waals surface area (Å²) in [5, 5.41) is 3.07. The van der Waals surface area contributed by atoms with E-state index in [1.165, 1.54) is 23.3 Å². The molecule has 0 heterocycles. The van der Waals surface area contributed by atoms with Crippen LogP contribution < -0.4 is 5.32 Å². The normalized spacial score (nSPS) is 17.1. The van der Waals surface area contributed by atoms with E-state index in [0.29, 0.717) is 9.13 Å². The van der Waals surface area contributed by atoms with E-state index < -0.39 is 0 Å². The number of nitrogens with one attached hydrogen (secondary N) is 1. The van der Waals surface area contributed by atoms with Gasteiger partial charge in [-0.05, 0) is 71.2 Å². The lowest BCUT2D eigenvalue weighted by Gasteiger charge is -2.25. The maximum atomic E-state index is 13.1. The Morgan fingerprint density at radius 1 is 1.19 bits per heavy atom. The molecule has 21 heavy (non-hydrogen) atoms. The minimum Gasteiger partial charge on any atom is -0.349 e.